The first-order valence-electron chi connectivity index (χ1n) is 6.00. The second kappa shape index (κ2) is 6.86. The van der Waals surface area contributed by atoms with E-state index in [0.717, 1.165) is 5.56 Å². The van der Waals surface area contributed by atoms with Crippen molar-refractivity contribution in [1.29, 1.82) is 0 Å². The van der Waals surface area contributed by atoms with Crippen molar-refractivity contribution in [2.24, 2.45) is 0 Å². The lowest BCUT2D eigenvalue weighted by atomic mass is 10.0. The lowest BCUT2D eigenvalue weighted by Crippen LogP contribution is -2.33. The van der Waals surface area contributed by atoms with E-state index in [1.165, 1.54) is 24.1 Å². The van der Waals surface area contributed by atoms with Gasteiger partial charge in [-0.2, -0.15) is 13.2 Å². The molecule has 0 aliphatic carbocycles. The predicted octanol–water partition coefficient (Wildman–Crippen LogP) is 2.97. The molecule has 0 bridgehead atoms. The van der Waals surface area contributed by atoms with Crippen molar-refractivity contribution in [3.63, 3.8) is 0 Å². The second-order valence-electron chi connectivity index (χ2n) is 4.53. The third-order valence-electron chi connectivity index (χ3n) is 2.87. The van der Waals surface area contributed by atoms with Gasteiger partial charge in [-0.1, -0.05) is 12.1 Å². The number of halogens is 4. The van der Waals surface area contributed by atoms with Gasteiger partial charge in [0.25, 0.3) is 0 Å². The SMILES string of the molecule is CNC(CCN(C)CC(F)(F)F)c1ccc(F)cc1. The number of benzene rings is 1. The number of rotatable bonds is 6. The molecule has 0 saturated carbocycles. The molecule has 0 amide bonds. The van der Waals surface area contributed by atoms with Gasteiger partial charge in [0.2, 0.25) is 0 Å². The molecular formula is C13H18F4N2. The quantitative estimate of drug-likeness (QED) is 0.805. The van der Waals surface area contributed by atoms with Gasteiger partial charge in [0.05, 0.1) is 6.54 Å². The Morgan fingerprint density at radius 3 is 2.26 bits per heavy atom. The van der Waals surface area contributed by atoms with Crippen molar-refractivity contribution in [2.45, 2.75) is 18.6 Å². The Labute approximate surface area is 110 Å². The summed E-state index contributed by atoms with van der Waals surface area (Å²) in [4.78, 5) is 1.23. The molecular weight excluding hydrogens is 260 g/mol. The molecule has 0 fully saturated rings. The van der Waals surface area contributed by atoms with Crippen LogP contribution in [0.4, 0.5) is 17.6 Å². The summed E-state index contributed by atoms with van der Waals surface area (Å²) in [6, 6.07) is 5.88. The molecule has 1 unspecified atom stereocenters. The maximum Gasteiger partial charge on any atom is 0.401 e. The average Bonchev–Trinajstić information content (AvgIpc) is 2.29. The molecule has 108 valence electrons. The monoisotopic (exact) mass is 278 g/mol. The van der Waals surface area contributed by atoms with Gasteiger partial charge < -0.3 is 5.32 Å². The maximum atomic E-state index is 12.8. The summed E-state index contributed by atoms with van der Waals surface area (Å²) in [6.45, 7) is -0.616. The van der Waals surface area contributed by atoms with Crippen molar-refractivity contribution in [3.05, 3.63) is 35.6 Å². The highest BCUT2D eigenvalue weighted by atomic mass is 19.4. The Morgan fingerprint density at radius 2 is 1.79 bits per heavy atom. The molecule has 1 aromatic carbocycles. The minimum Gasteiger partial charge on any atom is -0.313 e. The van der Waals surface area contributed by atoms with Crippen LogP contribution in [-0.2, 0) is 0 Å². The van der Waals surface area contributed by atoms with E-state index in [2.05, 4.69) is 5.32 Å². The fourth-order valence-electron chi connectivity index (χ4n) is 1.91. The first-order valence-corrected chi connectivity index (χ1v) is 6.00. The molecule has 1 N–H and O–H groups in total. The Morgan fingerprint density at radius 1 is 1.21 bits per heavy atom. The number of hydrogen-bond acceptors (Lipinski definition) is 2. The van der Waals surface area contributed by atoms with Crippen LogP contribution in [-0.4, -0.2) is 38.3 Å². The molecule has 0 aliphatic heterocycles. The molecule has 6 heteroatoms. The smallest absolute Gasteiger partial charge is 0.313 e. The molecule has 0 radical (unpaired) electrons. The highest BCUT2D eigenvalue weighted by molar-refractivity contribution is 5.19. The Balaban J connectivity index is 2.51. The van der Waals surface area contributed by atoms with E-state index in [9.17, 15) is 17.6 Å². The van der Waals surface area contributed by atoms with Crippen molar-refractivity contribution < 1.29 is 17.6 Å². The summed E-state index contributed by atoms with van der Waals surface area (Å²) in [5.41, 5.74) is 0.865. The number of hydrogen-bond donors (Lipinski definition) is 1. The Bertz CT molecular complexity index is 375. The Kier molecular flexibility index (Phi) is 5.75. The first kappa shape index (κ1) is 15.9. The van der Waals surface area contributed by atoms with Crippen molar-refractivity contribution in [1.82, 2.24) is 10.2 Å². The van der Waals surface area contributed by atoms with Crippen molar-refractivity contribution >= 4 is 0 Å². The molecule has 1 atom stereocenters. The van der Waals surface area contributed by atoms with Gasteiger partial charge in [-0.05, 0) is 44.8 Å². The van der Waals surface area contributed by atoms with E-state index in [4.69, 9.17) is 0 Å². The van der Waals surface area contributed by atoms with Crippen LogP contribution in [0.2, 0.25) is 0 Å². The van der Waals surface area contributed by atoms with Gasteiger partial charge in [-0.3, -0.25) is 4.90 Å². The fraction of sp³-hybridized carbons (Fsp3) is 0.538. The zero-order valence-electron chi connectivity index (χ0n) is 11.0. The summed E-state index contributed by atoms with van der Waals surface area (Å²) in [5, 5.41) is 3.03. The van der Waals surface area contributed by atoms with E-state index < -0.39 is 12.7 Å². The van der Waals surface area contributed by atoms with Gasteiger partial charge in [0.1, 0.15) is 5.82 Å². The normalized spacial score (nSPS) is 13.8. The topological polar surface area (TPSA) is 15.3 Å². The number of nitrogens with zero attached hydrogens (tertiary/aromatic N) is 1. The maximum absolute atomic E-state index is 12.8. The molecule has 0 aliphatic rings. The summed E-state index contributed by atoms with van der Waals surface area (Å²) in [5.74, 6) is -0.326. The van der Waals surface area contributed by atoms with Crippen LogP contribution >= 0.6 is 0 Å². The van der Waals surface area contributed by atoms with Crippen LogP contribution in [0.15, 0.2) is 24.3 Å². The molecule has 0 aromatic heterocycles. The van der Waals surface area contributed by atoms with E-state index in [-0.39, 0.29) is 11.9 Å². The lowest BCUT2D eigenvalue weighted by Gasteiger charge is -2.22. The molecule has 0 saturated heterocycles. The van der Waals surface area contributed by atoms with Crippen LogP contribution in [0, 0.1) is 5.82 Å². The highest BCUT2D eigenvalue weighted by Crippen LogP contribution is 2.19. The minimum atomic E-state index is -4.18. The van der Waals surface area contributed by atoms with E-state index in [1.54, 1.807) is 19.2 Å². The summed E-state index contributed by atoms with van der Waals surface area (Å²) in [6.07, 6.45) is -3.66. The summed E-state index contributed by atoms with van der Waals surface area (Å²) >= 11 is 0. The predicted molar refractivity (Wildman–Crippen MR) is 66.4 cm³/mol. The van der Waals surface area contributed by atoms with Crippen molar-refractivity contribution in [3.8, 4) is 0 Å². The second-order valence-corrected chi connectivity index (χ2v) is 4.53. The standard InChI is InChI=1S/C13H18F4N2/c1-18-12(10-3-5-11(14)6-4-10)7-8-19(2)9-13(15,16)17/h3-6,12,18H,7-9H2,1-2H3. The van der Waals surface area contributed by atoms with Crippen LogP contribution < -0.4 is 5.32 Å². The largest absolute Gasteiger partial charge is 0.401 e. The molecule has 2 nitrogen and oxygen atoms in total. The minimum absolute atomic E-state index is 0.0868. The van der Waals surface area contributed by atoms with Crippen LogP contribution in [0.25, 0.3) is 0 Å². The van der Waals surface area contributed by atoms with E-state index >= 15 is 0 Å². The zero-order valence-corrected chi connectivity index (χ0v) is 11.0. The van der Waals surface area contributed by atoms with Crippen LogP contribution in [0.5, 0.6) is 0 Å². The zero-order chi connectivity index (χ0) is 14.5. The van der Waals surface area contributed by atoms with Gasteiger partial charge in [-0.15, -0.1) is 0 Å². The van der Waals surface area contributed by atoms with E-state index in [1.807, 2.05) is 0 Å². The summed E-state index contributed by atoms with van der Waals surface area (Å²) < 4.78 is 49.3. The van der Waals surface area contributed by atoms with Gasteiger partial charge >= 0.3 is 6.18 Å². The third kappa shape index (κ3) is 6.02. The first-order chi connectivity index (χ1) is 8.81. The molecule has 0 spiro atoms. The number of alkyl halides is 3. The summed E-state index contributed by atoms with van der Waals surface area (Å²) in [7, 11) is 3.17. The lowest BCUT2D eigenvalue weighted by molar-refractivity contribution is -0.143. The number of nitrogens with one attached hydrogen (secondary N) is 1. The van der Waals surface area contributed by atoms with Crippen LogP contribution in [0.3, 0.4) is 0 Å². The molecule has 1 rings (SSSR count). The third-order valence-corrected chi connectivity index (χ3v) is 2.87. The van der Waals surface area contributed by atoms with Crippen molar-refractivity contribution in [2.75, 3.05) is 27.2 Å². The van der Waals surface area contributed by atoms with Gasteiger partial charge in [0.15, 0.2) is 0 Å². The van der Waals surface area contributed by atoms with Gasteiger partial charge in [-0.25, -0.2) is 4.39 Å². The molecule has 1 aromatic rings. The molecule has 19 heavy (non-hydrogen) atoms. The average molecular weight is 278 g/mol. The van der Waals surface area contributed by atoms with Gasteiger partial charge in [0, 0.05) is 6.04 Å². The van der Waals surface area contributed by atoms with Crippen LogP contribution in [0.1, 0.15) is 18.0 Å². The van der Waals surface area contributed by atoms with E-state index in [0.29, 0.717) is 13.0 Å². The fourth-order valence-corrected chi connectivity index (χ4v) is 1.91. The highest BCUT2D eigenvalue weighted by Gasteiger charge is 2.29. The molecule has 0 heterocycles. The Hall–Kier alpha value is -1.14.